The van der Waals surface area contributed by atoms with Crippen molar-refractivity contribution in [2.24, 2.45) is 0 Å². The van der Waals surface area contributed by atoms with Crippen molar-refractivity contribution in [2.45, 2.75) is 13.0 Å². The highest BCUT2D eigenvalue weighted by Crippen LogP contribution is 2.16. The molecule has 0 heterocycles. The number of esters is 1. The lowest BCUT2D eigenvalue weighted by Gasteiger charge is -2.08. The molecular formula is C11H15BrO3S. The van der Waals surface area contributed by atoms with Crippen molar-refractivity contribution < 1.29 is 14.6 Å². The number of rotatable bonds is 4. The summed E-state index contributed by atoms with van der Waals surface area (Å²) in [7, 11) is 0. The molecule has 0 aromatic heterocycles. The van der Waals surface area contributed by atoms with Crippen LogP contribution < -0.4 is 0 Å². The normalized spacial score (nSPS) is 11.4. The van der Waals surface area contributed by atoms with Gasteiger partial charge in [0.15, 0.2) is 0 Å². The molecule has 0 aliphatic rings. The maximum Gasteiger partial charge on any atom is 0.338 e. The Kier molecular flexibility index (Phi) is 7.45. The van der Waals surface area contributed by atoms with Gasteiger partial charge in [-0.3, -0.25) is 0 Å². The molecule has 0 unspecified atom stereocenters. The van der Waals surface area contributed by atoms with Crippen molar-refractivity contribution in [3.05, 3.63) is 35.4 Å². The van der Waals surface area contributed by atoms with Gasteiger partial charge >= 0.3 is 5.97 Å². The summed E-state index contributed by atoms with van der Waals surface area (Å²) in [6.45, 7) is 2.11. The molecule has 1 atom stereocenters. The SMILES string of the molecule is CCOC(=O)c1cccc([C@H](O)CBr)c1.S. The van der Waals surface area contributed by atoms with Crippen molar-refractivity contribution in [1.29, 1.82) is 0 Å². The zero-order chi connectivity index (χ0) is 11.3. The summed E-state index contributed by atoms with van der Waals surface area (Å²) < 4.78 is 4.86. The van der Waals surface area contributed by atoms with Crippen molar-refractivity contribution in [3.63, 3.8) is 0 Å². The van der Waals surface area contributed by atoms with Crippen LogP contribution >= 0.6 is 29.4 Å². The Balaban J connectivity index is 0.00000225. The second-order valence-corrected chi connectivity index (χ2v) is 3.66. The molecule has 16 heavy (non-hydrogen) atoms. The second-order valence-electron chi connectivity index (χ2n) is 3.02. The quantitative estimate of drug-likeness (QED) is 0.686. The molecule has 1 N–H and O–H groups in total. The van der Waals surface area contributed by atoms with Gasteiger partial charge in [0.05, 0.1) is 18.3 Å². The van der Waals surface area contributed by atoms with Gasteiger partial charge in [0.25, 0.3) is 0 Å². The molecule has 0 aliphatic carbocycles. The lowest BCUT2D eigenvalue weighted by molar-refractivity contribution is 0.0526. The monoisotopic (exact) mass is 306 g/mol. The van der Waals surface area contributed by atoms with E-state index in [-0.39, 0.29) is 19.5 Å². The van der Waals surface area contributed by atoms with E-state index in [1.807, 2.05) is 0 Å². The third-order valence-electron chi connectivity index (χ3n) is 1.93. The Bertz CT molecular complexity index is 344. The standard InChI is InChI=1S/C11H13BrO3.H2S/c1-2-15-11(14)9-5-3-4-8(6-9)10(13)7-12;/h3-6,10,13H,2,7H2,1H3;1H2/t10-;/m1./s1. The summed E-state index contributed by atoms with van der Waals surface area (Å²) in [5, 5.41) is 10.0. The van der Waals surface area contributed by atoms with Crippen LogP contribution in [0.4, 0.5) is 0 Å². The topological polar surface area (TPSA) is 46.5 Å². The van der Waals surface area contributed by atoms with Gasteiger partial charge in [0.2, 0.25) is 0 Å². The first kappa shape index (κ1) is 15.5. The molecule has 3 nitrogen and oxygen atoms in total. The summed E-state index contributed by atoms with van der Waals surface area (Å²) in [5.74, 6) is -0.360. The fraction of sp³-hybridized carbons (Fsp3) is 0.364. The molecule has 1 aromatic carbocycles. The van der Waals surface area contributed by atoms with Crippen LogP contribution in [0.25, 0.3) is 0 Å². The fourth-order valence-corrected chi connectivity index (χ4v) is 1.55. The first-order valence-electron chi connectivity index (χ1n) is 4.70. The van der Waals surface area contributed by atoms with Gasteiger partial charge in [-0.2, -0.15) is 13.5 Å². The molecule has 0 aliphatic heterocycles. The molecule has 0 amide bonds. The molecule has 0 radical (unpaired) electrons. The van der Waals surface area contributed by atoms with Crippen molar-refractivity contribution in [2.75, 3.05) is 11.9 Å². The lowest BCUT2D eigenvalue weighted by Crippen LogP contribution is -2.06. The van der Waals surface area contributed by atoms with Gasteiger partial charge in [-0.1, -0.05) is 28.1 Å². The Morgan fingerprint density at radius 3 is 2.81 bits per heavy atom. The van der Waals surface area contributed by atoms with E-state index < -0.39 is 6.10 Å². The van der Waals surface area contributed by atoms with Gasteiger partial charge in [-0.15, -0.1) is 0 Å². The Morgan fingerprint density at radius 2 is 2.25 bits per heavy atom. The average Bonchev–Trinajstić information content (AvgIpc) is 2.28. The van der Waals surface area contributed by atoms with Crippen LogP contribution in [-0.2, 0) is 4.74 Å². The van der Waals surface area contributed by atoms with Crippen LogP contribution in [0.2, 0.25) is 0 Å². The predicted molar refractivity (Wildman–Crippen MR) is 71.5 cm³/mol. The zero-order valence-electron chi connectivity index (χ0n) is 8.94. The number of hydrogen-bond donors (Lipinski definition) is 1. The molecule has 0 saturated carbocycles. The molecule has 90 valence electrons. The number of carbonyl (C=O) groups excluding carboxylic acids is 1. The van der Waals surface area contributed by atoms with Gasteiger partial charge in [0.1, 0.15) is 0 Å². The van der Waals surface area contributed by atoms with E-state index >= 15 is 0 Å². The number of hydrogen-bond acceptors (Lipinski definition) is 3. The van der Waals surface area contributed by atoms with E-state index in [2.05, 4.69) is 15.9 Å². The van der Waals surface area contributed by atoms with Gasteiger partial charge in [0, 0.05) is 5.33 Å². The third kappa shape index (κ3) is 4.15. The molecule has 1 aromatic rings. The third-order valence-corrected chi connectivity index (χ3v) is 2.54. The van der Waals surface area contributed by atoms with Crippen molar-refractivity contribution in [1.82, 2.24) is 0 Å². The van der Waals surface area contributed by atoms with Gasteiger partial charge in [-0.05, 0) is 24.6 Å². The number of aliphatic hydroxyl groups excluding tert-OH is 1. The summed E-state index contributed by atoms with van der Waals surface area (Å²) in [4.78, 5) is 11.4. The van der Waals surface area contributed by atoms with E-state index in [9.17, 15) is 9.90 Å². The van der Waals surface area contributed by atoms with E-state index in [1.54, 1.807) is 31.2 Å². The maximum atomic E-state index is 11.4. The molecule has 0 fully saturated rings. The fourth-order valence-electron chi connectivity index (χ4n) is 1.18. The zero-order valence-corrected chi connectivity index (χ0v) is 11.5. The van der Waals surface area contributed by atoms with Crippen LogP contribution in [-0.4, -0.2) is 23.0 Å². The van der Waals surface area contributed by atoms with E-state index in [0.29, 0.717) is 23.1 Å². The first-order chi connectivity index (χ1) is 7.19. The molecular weight excluding hydrogens is 292 g/mol. The summed E-state index contributed by atoms with van der Waals surface area (Å²) in [6.07, 6.45) is -0.598. The Hall–Kier alpha value is -0.520. The van der Waals surface area contributed by atoms with E-state index in [1.165, 1.54) is 0 Å². The predicted octanol–water partition coefficient (Wildman–Crippen LogP) is 2.40. The number of ether oxygens (including phenoxy) is 1. The number of aliphatic hydroxyl groups is 1. The number of carbonyl (C=O) groups is 1. The van der Waals surface area contributed by atoms with Crippen LogP contribution in [0.15, 0.2) is 24.3 Å². The van der Waals surface area contributed by atoms with Crippen LogP contribution in [0.1, 0.15) is 28.9 Å². The highest BCUT2D eigenvalue weighted by Gasteiger charge is 2.10. The van der Waals surface area contributed by atoms with E-state index in [4.69, 9.17) is 4.74 Å². The number of alkyl halides is 1. The minimum absolute atomic E-state index is 0. The minimum atomic E-state index is -0.598. The smallest absolute Gasteiger partial charge is 0.338 e. The molecule has 0 spiro atoms. The molecule has 1 rings (SSSR count). The minimum Gasteiger partial charge on any atom is -0.462 e. The average molecular weight is 307 g/mol. The van der Waals surface area contributed by atoms with Gasteiger partial charge < -0.3 is 9.84 Å². The van der Waals surface area contributed by atoms with Crippen LogP contribution in [0.5, 0.6) is 0 Å². The van der Waals surface area contributed by atoms with Crippen LogP contribution in [0, 0.1) is 0 Å². The molecule has 0 bridgehead atoms. The number of benzene rings is 1. The highest BCUT2D eigenvalue weighted by molar-refractivity contribution is 9.09. The number of halogens is 1. The highest BCUT2D eigenvalue weighted by atomic mass is 79.9. The van der Waals surface area contributed by atoms with E-state index in [0.717, 1.165) is 0 Å². The summed E-state index contributed by atoms with van der Waals surface area (Å²) >= 11 is 3.18. The van der Waals surface area contributed by atoms with Crippen molar-refractivity contribution in [3.8, 4) is 0 Å². The van der Waals surface area contributed by atoms with Crippen molar-refractivity contribution >= 4 is 35.4 Å². The van der Waals surface area contributed by atoms with Crippen LogP contribution in [0.3, 0.4) is 0 Å². The Morgan fingerprint density at radius 1 is 1.56 bits per heavy atom. The maximum absolute atomic E-state index is 11.4. The lowest BCUT2D eigenvalue weighted by atomic mass is 10.1. The largest absolute Gasteiger partial charge is 0.462 e. The van der Waals surface area contributed by atoms with Gasteiger partial charge in [-0.25, -0.2) is 4.79 Å². The first-order valence-corrected chi connectivity index (χ1v) is 5.82. The molecule has 0 saturated heterocycles. The Labute approximate surface area is 110 Å². The summed E-state index contributed by atoms with van der Waals surface area (Å²) in [6, 6.07) is 6.81. The second kappa shape index (κ2) is 7.70. The summed E-state index contributed by atoms with van der Waals surface area (Å²) in [5.41, 5.74) is 1.17. The molecule has 5 heteroatoms.